The van der Waals surface area contributed by atoms with E-state index in [2.05, 4.69) is 52.5 Å². The van der Waals surface area contributed by atoms with E-state index in [1.165, 1.54) is 16.8 Å². The Kier molecular flexibility index (Phi) is 6.56. The molecule has 0 aliphatic rings. The first-order chi connectivity index (χ1) is 11.9. The van der Waals surface area contributed by atoms with E-state index >= 15 is 0 Å². The van der Waals surface area contributed by atoms with Gasteiger partial charge in [-0.3, -0.25) is 14.7 Å². The molecule has 0 amide bonds. The molecule has 0 aliphatic heterocycles. The highest BCUT2D eigenvalue weighted by Crippen LogP contribution is 2.14. The van der Waals surface area contributed by atoms with Crippen LogP contribution in [0.5, 0.6) is 0 Å². The first-order valence-electron chi connectivity index (χ1n) is 8.78. The van der Waals surface area contributed by atoms with Crippen LogP contribution >= 0.6 is 0 Å². The molecule has 1 atom stereocenters. The van der Waals surface area contributed by atoms with Crippen LogP contribution in [0.3, 0.4) is 0 Å². The molecule has 0 aromatic carbocycles. The largest absolute Gasteiger partial charge is 0.356 e. The molecule has 1 unspecified atom stereocenters. The minimum absolute atomic E-state index is 0.272. The number of aryl methyl sites for hydroxylation is 3. The van der Waals surface area contributed by atoms with Gasteiger partial charge in [0.25, 0.3) is 0 Å². The van der Waals surface area contributed by atoms with Gasteiger partial charge < -0.3 is 10.6 Å². The van der Waals surface area contributed by atoms with Gasteiger partial charge in [-0.25, -0.2) is 0 Å². The van der Waals surface area contributed by atoms with Gasteiger partial charge >= 0.3 is 0 Å². The number of nitrogens with one attached hydrogen (secondary N) is 2. The lowest BCUT2D eigenvalue weighted by Crippen LogP contribution is -2.43. The lowest BCUT2D eigenvalue weighted by Gasteiger charge is -2.18. The van der Waals surface area contributed by atoms with Crippen molar-refractivity contribution in [1.29, 1.82) is 0 Å². The molecule has 136 valence electrons. The molecule has 25 heavy (non-hydrogen) atoms. The maximum absolute atomic E-state index is 4.49. The molecule has 6 nitrogen and oxygen atoms in total. The van der Waals surface area contributed by atoms with E-state index in [4.69, 9.17) is 0 Å². The van der Waals surface area contributed by atoms with Crippen LogP contribution in [0.1, 0.15) is 35.1 Å². The van der Waals surface area contributed by atoms with Crippen LogP contribution in [-0.2, 0) is 19.9 Å². The monoisotopic (exact) mass is 342 g/mol. The molecule has 0 radical (unpaired) electrons. The summed E-state index contributed by atoms with van der Waals surface area (Å²) >= 11 is 0. The second-order valence-electron chi connectivity index (χ2n) is 6.58. The van der Waals surface area contributed by atoms with E-state index in [-0.39, 0.29) is 6.04 Å². The zero-order valence-electron chi connectivity index (χ0n) is 16.2. The number of guanidine groups is 1. The topological polar surface area (TPSA) is 67.1 Å². The minimum Gasteiger partial charge on any atom is -0.356 e. The molecule has 2 aromatic rings. The van der Waals surface area contributed by atoms with E-state index < -0.39 is 0 Å². The second kappa shape index (κ2) is 8.65. The lowest BCUT2D eigenvalue weighted by molar-refractivity contribution is 0.635. The second-order valence-corrected chi connectivity index (χ2v) is 6.58. The molecule has 0 bridgehead atoms. The molecule has 0 aliphatic carbocycles. The number of hydrogen-bond acceptors (Lipinski definition) is 3. The zero-order chi connectivity index (χ0) is 18.4. The van der Waals surface area contributed by atoms with Crippen LogP contribution in [-0.4, -0.2) is 40.4 Å². The van der Waals surface area contributed by atoms with Crippen LogP contribution in [0.2, 0.25) is 0 Å². The van der Waals surface area contributed by atoms with Gasteiger partial charge in [-0.05, 0) is 57.7 Å². The van der Waals surface area contributed by atoms with Crippen molar-refractivity contribution in [2.45, 2.75) is 46.6 Å². The van der Waals surface area contributed by atoms with Crippen molar-refractivity contribution >= 4 is 5.96 Å². The van der Waals surface area contributed by atoms with Crippen LogP contribution in [0, 0.1) is 20.8 Å². The Morgan fingerprint density at radius 3 is 2.60 bits per heavy atom. The van der Waals surface area contributed by atoms with Gasteiger partial charge in [-0.1, -0.05) is 6.07 Å². The number of hydrogen-bond donors (Lipinski definition) is 2. The van der Waals surface area contributed by atoms with Crippen molar-refractivity contribution in [2.75, 3.05) is 13.6 Å². The highest BCUT2D eigenvalue weighted by atomic mass is 15.3. The van der Waals surface area contributed by atoms with Crippen molar-refractivity contribution in [1.82, 2.24) is 25.4 Å². The van der Waals surface area contributed by atoms with E-state index in [1.807, 2.05) is 30.9 Å². The average Bonchev–Trinajstić information content (AvgIpc) is 2.82. The van der Waals surface area contributed by atoms with Crippen molar-refractivity contribution in [3.8, 4) is 0 Å². The van der Waals surface area contributed by atoms with E-state index in [0.29, 0.717) is 0 Å². The Balaban J connectivity index is 1.83. The quantitative estimate of drug-likeness (QED) is 0.623. The summed E-state index contributed by atoms with van der Waals surface area (Å²) in [5.41, 5.74) is 5.90. The molecule has 2 heterocycles. The van der Waals surface area contributed by atoms with Gasteiger partial charge in [0.15, 0.2) is 5.96 Å². The Morgan fingerprint density at radius 2 is 2.04 bits per heavy atom. The first kappa shape index (κ1) is 19.0. The van der Waals surface area contributed by atoms with Gasteiger partial charge in [0.05, 0.1) is 5.69 Å². The summed E-state index contributed by atoms with van der Waals surface area (Å²) in [6.07, 6.45) is 3.78. The summed E-state index contributed by atoms with van der Waals surface area (Å²) in [7, 11) is 3.79. The van der Waals surface area contributed by atoms with Crippen LogP contribution in [0.15, 0.2) is 23.3 Å². The average molecular weight is 342 g/mol. The Morgan fingerprint density at radius 1 is 1.28 bits per heavy atom. The Hall–Kier alpha value is -2.37. The zero-order valence-corrected chi connectivity index (χ0v) is 16.2. The van der Waals surface area contributed by atoms with E-state index in [0.717, 1.165) is 36.7 Å². The minimum atomic E-state index is 0.272. The van der Waals surface area contributed by atoms with Crippen LogP contribution < -0.4 is 10.6 Å². The fourth-order valence-electron chi connectivity index (χ4n) is 2.87. The molecular formula is C19H30N6. The SMILES string of the molecule is CN=C(NCCc1ccc(C)nc1)NC(C)Cc1c(C)nn(C)c1C. The number of nitrogens with zero attached hydrogens (tertiary/aromatic N) is 4. The van der Waals surface area contributed by atoms with E-state index in [1.54, 1.807) is 7.05 Å². The smallest absolute Gasteiger partial charge is 0.191 e. The fourth-order valence-corrected chi connectivity index (χ4v) is 2.87. The molecule has 2 N–H and O–H groups in total. The summed E-state index contributed by atoms with van der Waals surface area (Å²) in [5, 5.41) is 11.3. The molecule has 0 saturated heterocycles. The van der Waals surface area contributed by atoms with Gasteiger partial charge in [-0.2, -0.15) is 5.10 Å². The van der Waals surface area contributed by atoms with E-state index in [9.17, 15) is 0 Å². The number of rotatable bonds is 6. The normalized spacial score (nSPS) is 13.0. The van der Waals surface area contributed by atoms with Crippen LogP contribution in [0.25, 0.3) is 0 Å². The Labute approximate surface area is 150 Å². The molecule has 0 fully saturated rings. The predicted molar refractivity (Wildman–Crippen MR) is 103 cm³/mol. The standard InChI is InChI=1S/C19H30N6/c1-13-7-8-17(12-22-13)9-10-21-19(20-5)23-14(2)11-18-15(3)24-25(6)16(18)4/h7-8,12,14H,9-11H2,1-6H3,(H2,20,21,23). The van der Waals surface area contributed by atoms with Crippen molar-refractivity contribution in [2.24, 2.45) is 12.0 Å². The van der Waals surface area contributed by atoms with Crippen molar-refractivity contribution in [3.63, 3.8) is 0 Å². The molecule has 2 rings (SSSR count). The third kappa shape index (κ3) is 5.31. The number of pyridine rings is 1. The summed E-state index contributed by atoms with van der Waals surface area (Å²) in [4.78, 5) is 8.65. The summed E-state index contributed by atoms with van der Waals surface area (Å²) in [6.45, 7) is 9.17. The summed E-state index contributed by atoms with van der Waals surface area (Å²) < 4.78 is 1.94. The molecule has 0 saturated carbocycles. The van der Waals surface area contributed by atoms with Gasteiger partial charge in [0.2, 0.25) is 0 Å². The van der Waals surface area contributed by atoms with Crippen LogP contribution in [0.4, 0.5) is 0 Å². The summed E-state index contributed by atoms with van der Waals surface area (Å²) in [5.74, 6) is 0.826. The molecular weight excluding hydrogens is 312 g/mol. The number of aromatic nitrogens is 3. The van der Waals surface area contributed by atoms with Gasteiger partial charge in [0, 0.05) is 44.3 Å². The fraction of sp³-hybridized carbons (Fsp3) is 0.526. The van der Waals surface area contributed by atoms with Crippen molar-refractivity contribution in [3.05, 3.63) is 46.5 Å². The maximum atomic E-state index is 4.49. The predicted octanol–water partition coefficient (Wildman–Crippen LogP) is 2.08. The lowest BCUT2D eigenvalue weighted by atomic mass is 10.1. The van der Waals surface area contributed by atoms with Gasteiger partial charge in [-0.15, -0.1) is 0 Å². The third-order valence-corrected chi connectivity index (χ3v) is 4.45. The Bertz CT molecular complexity index is 714. The maximum Gasteiger partial charge on any atom is 0.191 e. The van der Waals surface area contributed by atoms with Gasteiger partial charge in [0.1, 0.15) is 0 Å². The van der Waals surface area contributed by atoms with Crippen molar-refractivity contribution < 1.29 is 0 Å². The highest BCUT2D eigenvalue weighted by Gasteiger charge is 2.13. The molecule has 6 heteroatoms. The molecule has 2 aromatic heterocycles. The number of aliphatic imine (C=N–C) groups is 1. The molecule has 0 spiro atoms. The highest BCUT2D eigenvalue weighted by molar-refractivity contribution is 5.79. The third-order valence-electron chi connectivity index (χ3n) is 4.45. The summed E-state index contributed by atoms with van der Waals surface area (Å²) in [6, 6.07) is 4.44. The first-order valence-corrected chi connectivity index (χ1v) is 8.78.